The Morgan fingerprint density at radius 1 is 1.10 bits per heavy atom. The van der Waals surface area contributed by atoms with Crippen LogP contribution in [-0.2, 0) is 0 Å². The summed E-state index contributed by atoms with van der Waals surface area (Å²) in [7, 11) is 0. The van der Waals surface area contributed by atoms with Crippen molar-refractivity contribution in [3.05, 3.63) is 75.8 Å². The molecular weight excluding hydrogens is 274 g/mol. The third kappa shape index (κ3) is 2.50. The van der Waals surface area contributed by atoms with Gasteiger partial charge in [0.15, 0.2) is 0 Å². The van der Waals surface area contributed by atoms with Crippen molar-refractivity contribution in [3.8, 4) is 0 Å². The van der Waals surface area contributed by atoms with Gasteiger partial charge >= 0.3 is 0 Å². The monoisotopic (exact) mass is 285 g/mol. The van der Waals surface area contributed by atoms with Crippen LogP contribution in [0, 0.1) is 10.1 Å². The van der Waals surface area contributed by atoms with Crippen LogP contribution in [0.5, 0.6) is 0 Å². The zero-order chi connectivity index (χ0) is 13.9. The second kappa shape index (κ2) is 5.34. The van der Waals surface area contributed by atoms with Gasteiger partial charge in [-0.1, -0.05) is 42.1 Å². The summed E-state index contributed by atoms with van der Waals surface area (Å²) in [4.78, 5) is 10.2. The zero-order valence-corrected chi connectivity index (χ0v) is 11.2. The zero-order valence-electron chi connectivity index (χ0n) is 10.4. The van der Waals surface area contributed by atoms with Gasteiger partial charge in [-0.15, -0.1) is 0 Å². The summed E-state index contributed by atoms with van der Waals surface area (Å²) in [5.74, 6) is 0. The van der Waals surface area contributed by atoms with Crippen molar-refractivity contribution in [3.63, 3.8) is 0 Å². The summed E-state index contributed by atoms with van der Waals surface area (Å²) in [5, 5.41) is 15.9. The summed E-state index contributed by atoms with van der Waals surface area (Å²) in [5.41, 5.74) is 5.18. The highest BCUT2D eigenvalue weighted by molar-refractivity contribution is 8.14. The van der Waals surface area contributed by atoms with E-state index in [0.717, 1.165) is 16.2 Å². The highest BCUT2D eigenvalue weighted by Gasteiger charge is 2.22. The fourth-order valence-electron chi connectivity index (χ4n) is 1.91. The van der Waals surface area contributed by atoms with Gasteiger partial charge in [0, 0.05) is 17.7 Å². The number of nitrogens with one attached hydrogen (secondary N) is 1. The molecule has 1 N–H and O–H groups in total. The second-order valence-corrected chi connectivity index (χ2v) is 5.35. The van der Waals surface area contributed by atoms with Crippen molar-refractivity contribution in [1.29, 1.82) is 0 Å². The maximum Gasteiger partial charge on any atom is 0.269 e. The molecule has 1 aliphatic heterocycles. The molecule has 0 bridgehead atoms. The fourth-order valence-corrected chi connectivity index (χ4v) is 2.91. The fraction of sp³-hybridized carbons (Fsp3) is 0.0714. The molecule has 5 nitrogen and oxygen atoms in total. The lowest BCUT2D eigenvalue weighted by Crippen LogP contribution is -2.06. The number of hydrogen-bond acceptors (Lipinski definition) is 5. The number of nitrogens with zero attached hydrogens (tertiary/aromatic N) is 2. The average Bonchev–Trinajstić information content (AvgIpc) is 2.98. The summed E-state index contributed by atoms with van der Waals surface area (Å²) < 4.78 is 0. The Hall–Kier alpha value is -2.34. The van der Waals surface area contributed by atoms with Crippen LogP contribution in [0.1, 0.15) is 16.5 Å². The number of hydrogen-bond donors (Lipinski definition) is 1. The Bertz CT molecular complexity index is 656. The van der Waals surface area contributed by atoms with Crippen LogP contribution >= 0.6 is 11.8 Å². The maximum absolute atomic E-state index is 10.6. The predicted octanol–water partition coefficient (Wildman–Crippen LogP) is 3.29. The second-order valence-electron chi connectivity index (χ2n) is 4.26. The van der Waals surface area contributed by atoms with E-state index in [9.17, 15) is 10.1 Å². The van der Waals surface area contributed by atoms with Gasteiger partial charge in [-0.05, 0) is 17.7 Å². The van der Waals surface area contributed by atoms with Crippen molar-refractivity contribution in [2.24, 2.45) is 5.10 Å². The van der Waals surface area contributed by atoms with E-state index in [4.69, 9.17) is 0 Å². The summed E-state index contributed by atoms with van der Waals surface area (Å²) in [6, 6.07) is 16.5. The lowest BCUT2D eigenvalue weighted by molar-refractivity contribution is -0.384. The van der Waals surface area contributed by atoms with E-state index in [0.29, 0.717) is 0 Å². The van der Waals surface area contributed by atoms with Crippen LogP contribution in [0.3, 0.4) is 0 Å². The quantitative estimate of drug-likeness (QED) is 0.694. The summed E-state index contributed by atoms with van der Waals surface area (Å²) in [6.07, 6.45) is 0. The van der Waals surface area contributed by atoms with E-state index in [2.05, 4.69) is 10.5 Å². The van der Waals surface area contributed by atoms with Crippen molar-refractivity contribution < 1.29 is 4.92 Å². The van der Waals surface area contributed by atoms with Gasteiger partial charge in [0.05, 0.1) is 4.92 Å². The van der Waals surface area contributed by atoms with Gasteiger partial charge in [-0.3, -0.25) is 15.5 Å². The van der Waals surface area contributed by atoms with Gasteiger partial charge in [-0.25, -0.2) is 0 Å². The molecule has 0 aromatic heterocycles. The van der Waals surface area contributed by atoms with E-state index in [-0.39, 0.29) is 11.1 Å². The number of non-ortho nitro benzene ring substituents is 1. The number of rotatable bonds is 3. The number of benzene rings is 2. The van der Waals surface area contributed by atoms with E-state index >= 15 is 0 Å². The van der Waals surface area contributed by atoms with Gasteiger partial charge < -0.3 is 0 Å². The number of nitro benzene ring substituents is 1. The molecule has 0 radical (unpaired) electrons. The van der Waals surface area contributed by atoms with E-state index in [1.807, 2.05) is 30.3 Å². The van der Waals surface area contributed by atoms with Gasteiger partial charge in [0.2, 0.25) is 0 Å². The standard InChI is InChI=1S/C14H11N3O2S/c18-17(19)12-8-6-11(7-9-12)14-16-15-13(20-14)10-4-2-1-3-5-10/h1-9,14,16H/t14-/m1/s1. The minimum atomic E-state index is -0.398. The van der Waals surface area contributed by atoms with Gasteiger partial charge in [0.25, 0.3) is 5.69 Å². The number of thioether (sulfide) groups is 1. The average molecular weight is 285 g/mol. The predicted molar refractivity (Wildman–Crippen MR) is 79.5 cm³/mol. The molecule has 2 aromatic rings. The van der Waals surface area contributed by atoms with Crippen molar-refractivity contribution in [1.82, 2.24) is 5.43 Å². The minimum Gasteiger partial charge on any atom is -0.291 e. The molecule has 0 aliphatic carbocycles. The smallest absolute Gasteiger partial charge is 0.269 e. The molecule has 100 valence electrons. The molecule has 0 saturated carbocycles. The molecule has 0 spiro atoms. The molecule has 6 heteroatoms. The topological polar surface area (TPSA) is 67.5 Å². The van der Waals surface area contributed by atoms with Crippen LogP contribution in [0.4, 0.5) is 5.69 Å². The first kappa shape index (κ1) is 12.7. The Kier molecular flexibility index (Phi) is 3.39. The van der Waals surface area contributed by atoms with Gasteiger partial charge in [0.1, 0.15) is 10.4 Å². The van der Waals surface area contributed by atoms with Crippen LogP contribution in [0.15, 0.2) is 59.7 Å². The SMILES string of the molecule is O=[N+]([O-])c1ccc([C@@H]2NN=C(c3ccccc3)S2)cc1. The Morgan fingerprint density at radius 2 is 1.80 bits per heavy atom. The Balaban J connectivity index is 1.74. The molecule has 1 atom stereocenters. The molecule has 0 saturated heterocycles. The lowest BCUT2D eigenvalue weighted by atomic mass is 10.2. The third-order valence-electron chi connectivity index (χ3n) is 2.94. The van der Waals surface area contributed by atoms with Crippen molar-refractivity contribution in [2.75, 3.05) is 0 Å². The van der Waals surface area contributed by atoms with Crippen molar-refractivity contribution in [2.45, 2.75) is 5.37 Å². The molecule has 1 aliphatic rings. The lowest BCUT2D eigenvalue weighted by Gasteiger charge is -2.08. The highest BCUT2D eigenvalue weighted by Crippen LogP contribution is 2.34. The normalized spacial score (nSPS) is 17.4. The first-order chi connectivity index (χ1) is 9.74. The molecular formula is C14H11N3O2S. The minimum absolute atomic E-state index is 0.00832. The van der Waals surface area contributed by atoms with E-state index in [1.54, 1.807) is 23.9 Å². The number of hydrazone groups is 1. The molecule has 0 fully saturated rings. The highest BCUT2D eigenvalue weighted by atomic mass is 32.2. The van der Waals surface area contributed by atoms with Crippen LogP contribution < -0.4 is 5.43 Å². The first-order valence-corrected chi connectivity index (χ1v) is 6.91. The van der Waals surface area contributed by atoms with E-state index in [1.165, 1.54) is 12.1 Å². The molecule has 3 rings (SSSR count). The Labute approximate surface area is 119 Å². The largest absolute Gasteiger partial charge is 0.291 e. The summed E-state index contributed by atoms with van der Waals surface area (Å²) in [6.45, 7) is 0. The summed E-state index contributed by atoms with van der Waals surface area (Å²) >= 11 is 1.60. The molecule has 2 aromatic carbocycles. The van der Waals surface area contributed by atoms with Crippen LogP contribution in [0.2, 0.25) is 0 Å². The number of nitro groups is 1. The molecule has 0 amide bonds. The van der Waals surface area contributed by atoms with Crippen molar-refractivity contribution >= 4 is 22.5 Å². The molecule has 0 unspecified atom stereocenters. The van der Waals surface area contributed by atoms with Crippen LogP contribution in [-0.4, -0.2) is 9.97 Å². The van der Waals surface area contributed by atoms with Crippen LogP contribution in [0.25, 0.3) is 0 Å². The Morgan fingerprint density at radius 3 is 2.45 bits per heavy atom. The molecule has 20 heavy (non-hydrogen) atoms. The van der Waals surface area contributed by atoms with E-state index < -0.39 is 4.92 Å². The maximum atomic E-state index is 10.6. The third-order valence-corrected chi connectivity index (χ3v) is 4.10. The van der Waals surface area contributed by atoms with Gasteiger partial charge in [-0.2, -0.15) is 5.10 Å². The molecule has 1 heterocycles. The first-order valence-electron chi connectivity index (χ1n) is 6.04.